The number of nitrogens with one attached hydrogen (secondary N) is 1. The van der Waals surface area contributed by atoms with Crippen LogP contribution in [0.15, 0.2) is 0 Å². The van der Waals surface area contributed by atoms with Gasteiger partial charge in [0.1, 0.15) is 0 Å². The number of nitrogens with zero attached hydrogens (tertiary/aromatic N) is 1. The van der Waals surface area contributed by atoms with Gasteiger partial charge in [-0.15, -0.1) is 0 Å². The second-order valence-electron chi connectivity index (χ2n) is 5.06. The van der Waals surface area contributed by atoms with E-state index in [-0.39, 0.29) is 12.2 Å². The van der Waals surface area contributed by atoms with Gasteiger partial charge in [-0.25, -0.2) is 0 Å². The van der Waals surface area contributed by atoms with Gasteiger partial charge in [-0.2, -0.15) is 0 Å². The van der Waals surface area contributed by atoms with Crippen molar-refractivity contribution in [2.75, 3.05) is 26.3 Å². The highest BCUT2D eigenvalue weighted by atomic mass is 19.1. The predicted molar refractivity (Wildman–Crippen MR) is 67.6 cm³/mol. The first-order chi connectivity index (χ1) is 7.67. The van der Waals surface area contributed by atoms with Crippen LogP contribution in [0.3, 0.4) is 0 Å². The lowest BCUT2D eigenvalue weighted by Gasteiger charge is -2.37. The van der Waals surface area contributed by atoms with Crippen molar-refractivity contribution in [2.24, 2.45) is 0 Å². The Bertz CT molecular complexity index is 192. The third-order valence-corrected chi connectivity index (χ3v) is 4.12. The van der Waals surface area contributed by atoms with Crippen molar-refractivity contribution >= 4 is 0 Å². The van der Waals surface area contributed by atoms with Gasteiger partial charge < -0.3 is 5.32 Å². The number of hydrogen-bond acceptors (Lipinski definition) is 2. The standard InChI is InChI=1S/C13H27FN2/c1-4-13(5-2)11-16(10-6-8-14)12(3)7-9-15-13/h12,15H,4-11H2,1-3H3. The molecule has 1 fully saturated rings. The van der Waals surface area contributed by atoms with E-state index in [9.17, 15) is 4.39 Å². The van der Waals surface area contributed by atoms with Gasteiger partial charge in [0.2, 0.25) is 0 Å². The quantitative estimate of drug-likeness (QED) is 0.781. The zero-order chi connectivity index (χ0) is 12.0. The Balaban J connectivity index is 2.64. The number of halogens is 1. The van der Waals surface area contributed by atoms with E-state index in [0.717, 1.165) is 32.5 Å². The summed E-state index contributed by atoms with van der Waals surface area (Å²) in [6.45, 7) is 9.64. The Kier molecular flexibility index (Phi) is 5.70. The highest BCUT2D eigenvalue weighted by molar-refractivity contribution is 4.93. The molecule has 2 nitrogen and oxygen atoms in total. The van der Waals surface area contributed by atoms with Crippen LogP contribution in [0.2, 0.25) is 0 Å². The van der Waals surface area contributed by atoms with Crippen molar-refractivity contribution in [3.8, 4) is 0 Å². The fourth-order valence-electron chi connectivity index (χ4n) is 2.62. The van der Waals surface area contributed by atoms with Crippen LogP contribution in [0.4, 0.5) is 4.39 Å². The molecule has 96 valence electrons. The first-order valence-electron chi connectivity index (χ1n) is 6.72. The molecule has 0 amide bonds. The average molecular weight is 230 g/mol. The minimum Gasteiger partial charge on any atom is -0.310 e. The van der Waals surface area contributed by atoms with Gasteiger partial charge in [-0.05, 0) is 39.2 Å². The van der Waals surface area contributed by atoms with Crippen molar-refractivity contribution in [3.63, 3.8) is 0 Å². The summed E-state index contributed by atoms with van der Waals surface area (Å²) in [5, 5.41) is 3.70. The molecule has 1 unspecified atom stereocenters. The molecule has 1 rings (SSSR count). The molecule has 1 heterocycles. The lowest BCUT2D eigenvalue weighted by molar-refractivity contribution is 0.154. The van der Waals surface area contributed by atoms with Crippen LogP contribution in [0.5, 0.6) is 0 Å². The van der Waals surface area contributed by atoms with Gasteiger partial charge in [0, 0.05) is 24.7 Å². The molecule has 16 heavy (non-hydrogen) atoms. The minimum atomic E-state index is -0.193. The second kappa shape index (κ2) is 6.55. The zero-order valence-corrected chi connectivity index (χ0v) is 11.1. The number of hydrogen-bond donors (Lipinski definition) is 1. The van der Waals surface area contributed by atoms with Crippen molar-refractivity contribution in [2.45, 2.75) is 58.0 Å². The highest BCUT2D eigenvalue weighted by Gasteiger charge is 2.32. The van der Waals surface area contributed by atoms with Crippen molar-refractivity contribution in [1.29, 1.82) is 0 Å². The molecule has 0 aromatic rings. The Labute approximate surface area is 99.6 Å². The molecule has 1 aliphatic heterocycles. The van der Waals surface area contributed by atoms with Gasteiger partial charge in [-0.3, -0.25) is 9.29 Å². The topological polar surface area (TPSA) is 15.3 Å². The van der Waals surface area contributed by atoms with Crippen LogP contribution in [0.1, 0.15) is 46.5 Å². The fraction of sp³-hybridized carbons (Fsp3) is 1.00. The largest absolute Gasteiger partial charge is 0.310 e. The van der Waals surface area contributed by atoms with E-state index in [2.05, 4.69) is 31.0 Å². The Morgan fingerprint density at radius 1 is 1.38 bits per heavy atom. The highest BCUT2D eigenvalue weighted by Crippen LogP contribution is 2.22. The van der Waals surface area contributed by atoms with Crippen molar-refractivity contribution in [3.05, 3.63) is 0 Å². The monoisotopic (exact) mass is 230 g/mol. The van der Waals surface area contributed by atoms with Gasteiger partial charge in [0.25, 0.3) is 0 Å². The maximum Gasteiger partial charge on any atom is 0.0906 e. The molecular weight excluding hydrogens is 203 g/mol. The summed E-state index contributed by atoms with van der Waals surface area (Å²) >= 11 is 0. The molecule has 0 aromatic heterocycles. The van der Waals surface area contributed by atoms with E-state index in [1.54, 1.807) is 0 Å². The normalized spacial score (nSPS) is 26.6. The first-order valence-corrected chi connectivity index (χ1v) is 6.72. The lowest BCUT2D eigenvalue weighted by atomic mass is 9.92. The molecule has 0 bridgehead atoms. The molecule has 3 heteroatoms. The number of rotatable bonds is 5. The van der Waals surface area contributed by atoms with Gasteiger partial charge >= 0.3 is 0 Å². The predicted octanol–water partition coefficient (Wildman–Crippen LogP) is 2.59. The molecule has 0 aromatic carbocycles. The SMILES string of the molecule is CCC1(CC)CN(CCCF)C(C)CCN1. The van der Waals surface area contributed by atoms with Crippen LogP contribution < -0.4 is 5.32 Å². The van der Waals surface area contributed by atoms with E-state index >= 15 is 0 Å². The maximum absolute atomic E-state index is 12.3. The molecule has 0 radical (unpaired) electrons. The van der Waals surface area contributed by atoms with Crippen LogP contribution in [-0.2, 0) is 0 Å². The van der Waals surface area contributed by atoms with Gasteiger partial charge in [-0.1, -0.05) is 13.8 Å². The summed E-state index contributed by atoms with van der Waals surface area (Å²) in [5.41, 5.74) is 0.251. The summed E-state index contributed by atoms with van der Waals surface area (Å²) in [6, 6.07) is 0.582. The summed E-state index contributed by atoms with van der Waals surface area (Å²) in [6.07, 6.45) is 4.16. The summed E-state index contributed by atoms with van der Waals surface area (Å²) in [4.78, 5) is 2.46. The molecule has 1 saturated heterocycles. The summed E-state index contributed by atoms with van der Waals surface area (Å²) in [7, 11) is 0. The van der Waals surface area contributed by atoms with E-state index in [4.69, 9.17) is 0 Å². The lowest BCUT2D eigenvalue weighted by Crippen LogP contribution is -2.51. The molecule has 0 aliphatic carbocycles. The summed E-state index contributed by atoms with van der Waals surface area (Å²) in [5.74, 6) is 0. The van der Waals surface area contributed by atoms with Crippen LogP contribution in [0, 0.1) is 0 Å². The Morgan fingerprint density at radius 3 is 2.62 bits per heavy atom. The minimum absolute atomic E-state index is 0.193. The van der Waals surface area contributed by atoms with E-state index < -0.39 is 0 Å². The molecule has 0 spiro atoms. The van der Waals surface area contributed by atoms with Crippen molar-refractivity contribution < 1.29 is 4.39 Å². The van der Waals surface area contributed by atoms with Gasteiger partial charge in [0.05, 0.1) is 6.67 Å². The van der Waals surface area contributed by atoms with Gasteiger partial charge in [0.15, 0.2) is 0 Å². The zero-order valence-electron chi connectivity index (χ0n) is 11.1. The Hall–Kier alpha value is -0.150. The van der Waals surface area contributed by atoms with Crippen LogP contribution in [0.25, 0.3) is 0 Å². The third-order valence-electron chi connectivity index (χ3n) is 4.12. The van der Waals surface area contributed by atoms with E-state index in [0.29, 0.717) is 12.5 Å². The second-order valence-corrected chi connectivity index (χ2v) is 5.06. The summed E-state index contributed by atoms with van der Waals surface area (Å²) < 4.78 is 12.3. The Morgan fingerprint density at radius 2 is 2.06 bits per heavy atom. The number of alkyl halides is 1. The van der Waals surface area contributed by atoms with Crippen molar-refractivity contribution in [1.82, 2.24) is 10.2 Å². The molecular formula is C13H27FN2. The molecule has 1 aliphatic rings. The fourth-order valence-corrected chi connectivity index (χ4v) is 2.62. The first kappa shape index (κ1) is 13.9. The van der Waals surface area contributed by atoms with Crippen LogP contribution in [-0.4, -0.2) is 42.8 Å². The molecule has 1 atom stereocenters. The van der Waals surface area contributed by atoms with Crippen LogP contribution >= 0.6 is 0 Å². The maximum atomic E-state index is 12.3. The molecule has 1 N–H and O–H groups in total. The average Bonchev–Trinajstić information content (AvgIpc) is 2.47. The molecule has 0 saturated carbocycles. The third kappa shape index (κ3) is 3.42. The van der Waals surface area contributed by atoms with E-state index in [1.807, 2.05) is 0 Å². The van der Waals surface area contributed by atoms with E-state index in [1.165, 1.54) is 6.42 Å². The smallest absolute Gasteiger partial charge is 0.0906 e.